The van der Waals surface area contributed by atoms with Crippen molar-refractivity contribution in [2.45, 2.75) is 168 Å². The highest BCUT2D eigenvalue weighted by Crippen LogP contribution is 2.20. The van der Waals surface area contributed by atoms with Crippen molar-refractivity contribution in [2.24, 2.45) is 0 Å². The number of ether oxygens (including phenoxy) is 2. The minimum absolute atomic E-state index is 0.256. The second-order valence-electron chi connectivity index (χ2n) is 13.3. The van der Waals surface area contributed by atoms with E-state index in [-0.39, 0.29) is 11.5 Å². The highest BCUT2D eigenvalue weighted by molar-refractivity contribution is 5.47. The molecule has 0 amide bonds. The summed E-state index contributed by atoms with van der Waals surface area (Å²) >= 11 is 0. The zero-order valence-electron chi connectivity index (χ0n) is 30.4. The molecule has 48 heavy (non-hydrogen) atoms. The first kappa shape index (κ1) is 41.2. The van der Waals surface area contributed by atoms with Gasteiger partial charge in [0.2, 0.25) is 0 Å². The van der Waals surface area contributed by atoms with Crippen molar-refractivity contribution in [3.63, 3.8) is 0 Å². The van der Waals surface area contributed by atoms with Crippen LogP contribution in [0.1, 0.15) is 179 Å². The number of hydrogen-bond donors (Lipinski definition) is 0. The summed E-state index contributed by atoms with van der Waals surface area (Å²) in [6.45, 7) is 5.55. The number of unbranched alkanes of at least 4 members (excludes halogenated alkanes) is 22. The van der Waals surface area contributed by atoms with Crippen LogP contribution in [0.15, 0.2) is 36.4 Å². The fraction of sp³-hybridized carbons (Fsp3) is 0.636. The smallest absolute Gasteiger partial charge is 0.166 e. The third kappa shape index (κ3) is 21.1. The van der Waals surface area contributed by atoms with Crippen LogP contribution in [0.5, 0.6) is 11.5 Å². The standard InChI is InChI=1S/C44H64F2O2/c1-3-5-7-9-11-13-15-17-19-21-23-27-35-47-43-33-31-39(37-41(43)45)29-25-26-30-40-32-34-44(42(46)38-40)48-36-28-24-22-20-18-16-14-12-10-8-6-4-2/h31-34,37-38H,3-24,27-28,35-36H2,1-2H3. The number of halogens is 2. The molecule has 0 heterocycles. The Morgan fingerprint density at radius 1 is 0.417 bits per heavy atom. The van der Waals surface area contributed by atoms with Crippen molar-refractivity contribution in [1.82, 2.24) is 0 Å². The van der Waals surface area contributed by atoms with Crippen LogP contribution in [0.2, 0.25) is 0 Å². The molecule has 2 nitrogen and oxygen atoms in total. The molecule has 0 atom stereocenters. The summed E-state index contributed by atoms with van der Waals surface area (Å²) in [4.78, 5) is 0. The van der Waals surface area contributed by atoms with Crippen LogP contribution in [0, 0.1) is 35.3 Å². The summed E-state index contributed by atoms with van der Waals surface area (Å²) < 4.78 is 40.4. The van der Waals surface area contributed by atoms with E-state index >= 15 is 0 Å². The molecule has 2 aromatic rings. The van der Waals surface area contributed by atoms with Gasteiger partial charge < -0.3 is 9.47 Å². The molecule has 0 aromatic heterocycles. The minimum atomic E-state index is -0.421. The van der Waals surface area contributed by atoms with Crippen LogP contribution in [0.4, 0.5) is 8.78 Å². The summed E-state index contributed by atoms with van der Waals surface area (Å²) in [5.74, 6) is 10.9. The van der Waals surface area contributed by atoms with Gasteiger partial charge in [0, 0.05) is 11.1 Å². The van der Waals surface area contributed by atoms with Crippen LogP contribution in [-0.2, 0) is 0 Å². The van der Waals surface area contributed by atoms with Crippen molar-refractivity contribution in [3.05, 3.63) is 59.2 Å². The second-order valence-corrected chi connectivity index (χ2v) is 13.3. The maximum atomic E-state index is 14.5. The van der Waals surface area contributed by atoms with Crippen LogP contribution in [-0.4, -0.2) is 13.2 Å². The summed E-state index contributed by atoms with van der Waals surface area (Å²) in [5, 5.41) is 0. The first-order valence-electron chi connectivity index (χ1n) is 19.5. The lowest BCUT2D eigenvalue weighted by Crippen LogP contribution is -1.99. The Labute approximate surface area is 293 Å². The lowest BCUT2D eigenvalue weighted by molar-refractivity contribution is 0.290. The largest absolute Gasteiger partial charge is 0.491 e. The molecule has 0 spiro atoms. The molecule has 0 aliphatic carbocycles. The summed E-state index contributed by atoms with van der Waals surface area (Å²) in [7, 11) is 0. The van der Waals surface area contributed by atoms with Crippen molar-refractivity contribution in [2.75, 3.05) is 13.2 Å². The van der Waals surface area contributed by atoms with Gasteiger partial charge in [0.1, 0.15) is 0 Å². The summed E-state index contributed by atoms with van der Waals surface area (Å²) in [6.07, 6.45) is 30.7. The Morgan fingerprint density at radius 3 is 1.00 bits per heavy atom. The Balaban J connectivity index is 1.57. The molecular weight excluding hydrogens is 598 g/mol. The third-order valence-electron chi connectivity index (χ3n) is 8.85. The summed E-state index contributed by atoms with van der Waals surface area (Å²) in [5.41, 5.74) is 1.04. The van der Waals surface area contributed by atoms with Gasteiger partial charge in [-0.15, -0.1) is 0 Å². The Bertz CT molecular complexity index is 1120. The average Bonchev–Trinajstić information content (AvgIpc) is 3.09. The number of hydrogen-bond acceptors (Lipinski definition) is 2. The highest BCUT2D eigenvalue weighted by atomic mass is 19.1. The topological polar surface area (TPSA) is 18.5 Å². The fourth-order valence-corrected chi connectivity index (χ4v) is 5.85. The molecule has 0 bridgehead atoms. The molecule has 2 aromatic carbocycles. The molecule has 0 aliphatic heterocycles. The molecule has 2 rings (SSSR count). The minimum Gasteiger partial charge on any atom is -0.491 e. The fourth-order valence-electron chi connectivity index (χ4n) is 5.85. The van der Waals surface area contributed by atoms with Crippen molar-refractivity contribution in [3.8, 4) is 35.2 Å². The number of benzene rings is 2. The van der Waals surface area contributed by atoms with Gasteiger partial charge in [-0.2, -0.15) is 0 Å². The van der Waals surface area contributed by atoms with E-state index in [0.29, 0.717) is 24.3 Å². The second kappa shape index (κ2) is 29.0. The van der Waals surface area contributed by atoms with Gasteiger partial charge in [0.15, 0.2) is 23.1 Å². The van der Waals surface area contributed by atoms with E-state index in [2.05, 4.69) is 37.5 Å². The maximum absolute atomic E-state index is 14.5. The normalized spacial score (nSPS) is 10.7. The first-order chi connectivity index (χ1) is 23.6. The highest BCUT2D eigenvalue weighted by Gasteiger charge is 2.05. The van der Waals surface area contributed by atoms with Gasteiger partial charge in [-0.1, -0.05) is 167 Å². The van der Waals surface area contributed by atoms with E-state index in [1.54, 1.807) is 24.3 Å². The molecular formula is C44H64F2O2. The van der Waals surface area contributed by atoms with E-state index in [0.717, 1.165) is 25.7 Å². The lowest BCUT2D eigenvalue weighted by atomic mass is 10.1. The molecule has 0 unspecified atom stereocenters. The predicted molar refractivity (Wildman–Crippen MR) is 200 cm³/mol. The van der Waals surface area contributed by atoms with Crippen LogP contribution < -0.4 is 9.47 Å². The SMILES string of the molecule is CCCCCCCCCCCCCCOc1ccc(C#CC#Cc2ccc(OCCCCCCCCCCCCCC)c(F)c2)cc1F. The van der Waals surface area contributed by atoms with E-state index in [1.165, 1.54) is 141 Å². The molecule has 0 saturated heterocycles. The van der Waals surface area contributed by atoms with Crippen molar-refractivity contribution in [1.29, 1.82) is 0 Å². The van der Waals surface area contributed by atoms with E-state index in [9.17, 15) is 8.78 Å². The molecule has 0 saturated carbocycles. The average molecular weight is 663 g/mol. The van der Waals surface area contributed by atoms with Crippen molar-refractivity contribution < 1.29 is 18.3 Å². The molecule has 0 aliphatic rings. The van der Waals surface area contributed by atoms with Gasteiger partial charge in [-0.05, 0) is 61.1 Å². The number of rotatable bonds is 28. The quantitative estimate of drug-likeness (QED) is 0.0667. The molecule has 0 N–H and O–H groups in total. The third-order valence-corrected chi connectivity index (χ3v) is 8.85. The van der Waals surface area contributed by atoms with Gasteiger partial charge in [-0.25, -0.2) is 8.78 Å². The maximum Gasteiger partial charge on any atom is 0.166 e. The molecule has 266 valence electrons. The monoisotopic (exact) mass is 662 g/mol. The molecule has 0 radical (unpaired) electrons. The van der Waals surface area contributed by atoms with Gasteiger partial charge in [-0.3, -0.25) is 0 Å². The Kier molecular flexibility index (Phi) is 24.9. The van der Waals surface area contributed by atoms with Gasteiger partial charge >= 0.3 is 0 Å². The lowest BCUT2D eigenvalue weighted by Gasteiger charge is -2.07. The van der Waals surface area contributed by atoms with Crippen LogP contribution in [0.3, 0.4) is 0 Å². The molecule has 4 heteroatoms. The Hall–Kier alpha value is -2.98. The van der Waals surface area contributed by atoms with Gasteiger partial charge in [0.05, 0.1) is 13.2 Å². The summed E-state index contributed by atoms with van der Waals surface area (Å²) in [6, 6.07) is 9.45. The van der Waals surface area contributed by atoms with E-state index in [1.807, 2.05) is 0 Å². The zero-order valence-corrected chi connectivity index (χ0v) is 30.4. The Morgan fingerprint density at radius 2 is 0.708 bits per heavy atom. The molecule has 0 fully saturated rings. The first-order valence-corrected chi connectivity index (χ1v) is 19.5. The zero-order chi connectivity index (χ0) is 34.3. The predicted octanol–water partition coefficient (Wildman–Crippen LogP) is 13.5. The van der Waals surface area contributed by atoms with E-state index in [4.69, 9.17) is 9.47 Å². The van der Waals surface area contributed by atoms with Crippen molar-refractivity contribution >= 4 is 0 Å². The van der Waals surface area contributed by atoms with E-state index < -0.39 is 11.6 Å². The van der Waals surface area contributed by atoms with Gasteiger partial charge in [0.25, 0.3) is 0 Å². The van der Waals surface area contributed by atoms with Crippen LogP contribution >= 0.6 is 0 Å². The van der Waals surface area contributed by atoms with Crippen LogP contribution in [0.25, 0.3) is 0 Å².